The highest BCUT2D eigenvalue weighted by atomic mass is 35.7. The van der Waals surface area contributed by atoms with Gasteiger partial charge in [-0.2, -0.15) is 0 Å². The van der Waals surface area contributed by atoms with Crippen molar-refractivity contribution in [1.29, 1.82) is 0 Å². The molecule has 2 aromatic carbocycles. The van der Waals surface area contributed by atoms with Gasteiger partial charge in [-0.15, -0.1) is 0 Å². The second-order valence-electron chi connectivity index (χ2n) is 3.69. The molecule has 0 saturated heterocycles. The summed E-state index contributed by atoms with van der Waals surface area (Å²) in [5, 5.41) is 1.99. The predicted molar refractivity (Wildman–Crippen MR) is 65.9 cm³/mol. The van der Waals surface area contributed by atoms with Gasteiger partial charge in [0.1, 0.15) is 0 Å². The Morgan fingerprint density at radius 2 is 1.81 bits per heavy atom. The Hall–Kier alpha value is -1.32. The molecule has 0 fully saturated rings. The van der Waals surface area contributed by atoms with Crippen LogP contribution in [0, 0.1) is 0 Å². The van der Waals surface area contributed by atoms with Crippen LogP contribution in [0.2, 0.25) is 0 Å². The zero-order valence-corrected chi connectivity index (χ0v) is 9.72. The molecule has 0 saturated carbocycles. The summed E-state index contributed by atoms with van der Waals surface area (Å²) in [6, 6.07) is 9.20. The molecule has 0 spiro atoms. The molecule has 0 N–H and O–H groups in total. The van der Waals surface area contributed by atoms with E-state index in [1.54, 1.807) is 18.2 Å². The number of hydrogen-bond acceptors (Lipinski definition) is 2. The molecule has 0 aliphatic heterocycles. The van der Waals surface area contributed by atoms with Crippen molar-refractivity contribution in [1.82, 2.24) is 0 Å². The van der Waals surface area contributed by atoms with Crippen LogP contribution in [0.25, 0.3) is 22.9 Å². The maximum absolute atomic E-state index is 11.4. The molecule has 0 aromatic heterocycles. The highest BCUT2D eigenvalue weighted by molar-refractivity contribution is 8.13. The molecule has 0 amide bonds. The molecule has 4 heteroatoms. The molecule has 1 aliphatic carbocycles. The quantitative estimate of drug-likeness (QED) is 0.622. The van der Waals surface area contributed by atoms with Crippen molar-refractivity contribution in [3.63, 3.8) is 0 Å². The van der Waals surface area contributed by atoms with Crippen LogP contribution in [0.15, 0.2) is 35.2 Å². The maximum atomic E-state index is 11.4. The van der Waals surface area contributed by atoms with E-state index in [1.165, 1.54) is 0 Å². The molecule has 0 unspecified atom stereocenters. The average molecular weight is 251 g/mol. The first kappa shape index (κ1) is 9.87. The zero-order valence-electron chi connectivity index (χ0n) is 8.14. The van der Waals surface area contributed by atoms with Gasteiger partial charge in [0.05, 0.1) is 4.90 Å². The summed E-state index contributed by atoms with van der Waals surface area (Å²) >= 11 is 0. The van der Waals surface area contributed by atoms with Crippen molar-refractivity contribution in [2.24, 2.45) is 0 Å². The number of rotatable bonds is 1. The largest absolute Gasteiger partial charge is 0.261 e. The first-order valence-electron chi connectivity index (χ1n) is 4.76. The normalized spacial score (nSPS) is 13.6. The molecule has 2 nitrogen and oxygen atoms in total. The lowest BCUT2D eigenvalue weighted by atomic mass is 10.0. The molecule has 0 radical (unpaired) electrons. The Morgan fingerprint density at radius 1 is 1.00 bits per heavy atom. The van der Waals surface area contributed by atoms with Crippen molar-refractivity contribution >= 4 is 42.7 Å². The Labute approximate surface area is 97.6 Å². The minimum absolute atomic E-state index is 0.183. The van der Waals surface area contributed by atoms with Crippen molar-refractivity contribution in [2.45, 2.75) is 4.90 Å². The summed E-state index contributed by atoms with van der Waals surface area (Å²) in [7, 11) is 1.72. The fraction of sp³-hybridized carbons (Fsp3) is 0. The molecule has 1 aliphatic rings. The third-order valence-corrected chi connectivity index (χ3v) is 4.15. The standard InChI is InChI=1S/C12H7ClO2S/c13-16(14,15)11-7-5-9-3-1-2-8-4-6-10(11)12(8)9/h1-7H. The summed E-state index contributed by atoms with van der Waals surface area (Å²) in [6.07, 6.45) is 3.70. The number of hydrogen-bond donors (Lipinski definition) is 0. The van der Waals surface area contributed by atoms with Gasteiger partial charge in [-0.3, -0.25) is 0 Å². The van der Waals surface area contributed by atoms with Gasteiger partial charge in [0, 0.05) is 16.2 Å². The van der Waals surface area contributed by atoms with Crippen LogP contribution >= 0.6 is 10.7 Å². The van der Waals surface area contributed by atoms with Crippen LogP contribution in [0.1, 0.15) is 11.1 Å². The van der Waals surface area contributed by atoms with Gasteiger partial charge in [0.25, 0.3) is 9.05 Å². The lowest BCUT2D eigenvalue weighted by Gasteiger charge is -2.05. The average Bonchev–Trinajstić information content (AvgIpc) is 2.63. The highest BCUT2D eigenvalue weighted by Gasteiger charge is 2.19. The topological polar surface area (TPSA) is 34.1 Å². The SMILES string of the molecule is O=S(=O)(Cl)c1ccc2cccc3c2c1C=C3. The first-order valence-corrected chi connectivity index (χ1v) is 7.07. The van der Waals surface area contributed by atoms with E-state index >= 15 is 0 Å². The van der Waals surface area contributed by atoms with Crippen molar-refractivity contribution in [3.8, 4) is 0 Å². The second kappa shape index (κ2) is 3.09. The predicted octanol–water partition coefficient (Wildman–Crippen LogP) is 3.25. The summed E-state index contributed by atoms with van der Waals surface area (Å²) in [5.41, 5.74) is 1.73. The Kier molecular flexibility index (Phi) is 1.91. The Bertz CT molecular complexity index is 730. The molecular weight excluding hydrogens is 244 g/mol. The molecule has 0 heterocycles. The first-order chi connectivity index (χ1) is 7.57. The fourth-order valence-corrected chi connectivity index (χ4v) is 3.17. The van der Waals surface area contributed by atoms with Gasteiger partial charge in [0.2, 0.25) is 0 Å². The van der Waals surface area contributed by atoms with E-state index in [-0.39, 0.29) is 4.90 Å². The molecule has 0 atom stereocenters. The molecule has 16 heavy (non-hydrogen) atoms. The monoisotopic (exact) mass is 250 g/mol. The minimum Gasteiger partial charge on any atom is -0.207 e. The van der Waals surface area contributed by atoms with Gasteiger partial charge >= 0.3 is 0 Å². The lowest BCUT2D eigenvalue weighted by Crippen LogP contribution is -1.94. The summed E-state index contributed by atoms with van der Waals surface area (Å²) in [4.78, 5) is 0.183. The van der Waals surface area contributed by atoms with Crippen molar-refractivity contribution in [3.05, 3.63) is 41.5 Å². The van der Waals surface area contributed by atoms with Crippen LogP contribution in [0.4, 0.5) is 0 Å². The van der Waals surface area contributed by atoms with Crippen LogP contribution in [0.5, 0.6) is 0 Å². The van der Waals surface area contributed by atoms with Crippen LogP contribution in [-0.2, 0) is 9.05 Å². The van der Waals surface area contributed by atoms with Gasteiger partial charge in [-0.1, -0.05) is 36.4 Å². The molecule has 0 bridgehead atoms. The van der Waals surface area contributed by atoms with Crippen LogP contribution in [-0.4, -0.2) is 8.42 Å². The van der Waals surface area contributed by atoms with E-state index in [1.807, 2.05) is 24.3 Å². The number of benzene rings is 2. The molecular formula is C12H7ClO2S. The highest BCUT2D eigenvalue weighted by Crippen LogP contribution is 2.36. The third-order valence-electron chi connectivity index (χ3n) is 2.77. The zero-order chi connectivity index (χ0) is 11.3. The molecule has 80 valence electrons. The van der Waals surface area contributed by atoms with Gasteiger partial charge in [-0.05, 0) is 22.4 Å². The Balaban J connectivity index is 2.53. The Morgan fingerprint density at radius 3 is 2.56 bits per heavy atom. The molecule has 3 rings (SSSR count). The second-order valence-corrected chi connectivity index (χ2v) is 6.23. The number of halogens is 1. The van der Waals surface area contributed by atoms with Crippen LogP contribution in [0.3, 0.4) is 0 Å². The fourth-order valence-electron chi connectivity index (χ4n) is 2.11. The molecule has 2 aromatic rings. The van der Waals surface area contributed by atoms with Crippen molar-refractivity contribution < 1.29 is 8.42 Å². The van der Waals surface area contributed by atoms with Crippen molar-refractivity contribution in [2.75, 3.05) is 0 Å². The van der Waals surface area contributed by atoms with E-state index in [9.17, 15) is 8.42 Å². The lowest BCUT2D eigenvalue weighted by molar-refractivity contribution is 0.609. The minimum atomic E-state index is -3.68. The van der Waals surface area contributed by atoms with E-state index in [0.717, 1.165) is 16.3 Å². The smallest absolute Gasteiger partial charge is 0.207 e. The van der Waals surface area contributed by atoms with E-state index in [0.29, 0.717) is 5.56 Å². The van der Waals surface area contributed by atoms with Gasteiger partial charge < -0.3 is 0 Å². The van der Waals surface area contributed by atoms with E-state index in [2.05, 4.69) is 0 Å². The summed E-state index contributed by atoms with van der Waals surface area (Å²) in [6.45, 7) is 0. The van der Waals surface area contributed by atoms with Gasteiger partial charge in [-0.25, -0.2) is 8.42 Å². The van der Waals surface area contributed by atoms with E-state index in [4.69, 9.17) is 10.7 Å². The summed E-state index contributed by atoms with van der Waals surface area (Å²) < 4.78 is 22.8. The summed E-state index contributed by atoms with van der Waals surface area (Å²) in [5.74, 6) is 0. The van der Waals surface area contributed by atoms with E-state index < -0.39 is 9.05 Å². The van der Waals surface area contributed by atoms with Crippen LogP contribution < -0.4 is 0 Å². The van der Waals surface area contributed by atoms with Gasteiger partial charge in [0.15, 0.2) is 0 Å². The third kappa shape index (κ3) is 1.29. The maximum Gasteiger partial charge on any atom is 0.261 e.